The van der Waals surface area contributed by atoms with E-state index in [1.54, 1.807) is 12.0 Å². The van der Waals surface area contributed by atoms with E-state index in [1.165, 1.54) is 12.8 Å². The average molecular weight is 170 g/mol. The van der Waals surface area contributed by atoms with Crippen molar-refractivity contribution >= 4 is 0 Å². The van der Waals surface area contributed by atoms with Gasteiger partial charge in [0.2, 0.25) is 0 Å². The van der Waals surface area contributed by atoms with Crippen LogP contribution in [0.1, 0.15) is 26.2 Å². The Morgan fingerprint density at radius 2 is 2.15 bits per heavy atom. The molecule has 9 aliphatic rings. The molecular formula is C13H14. The van der Waals surface area contributed by atoms with Crippen LogP contribution in [0.3, 0.4) is 0 Å². The summed E-state index contributed by atoms with van der Waals surface area (Å²) in [5, 5.41) is 0. The molecule has 7 bridgehead atoms. The lowest BCUT2D eigenvalue weighted by molar-refractivity contribution is 0.0835. The maximum atomic E-state index is 2.66. The van der Waals surface area contributed by atoms with Crippen molar-refractivity contribution in [3.63, 3.8) is 0 Å². The molecular weight excluding hydrogens is 156 g/mol. The van der Waals surface area contributed by atoms with E-state index in [9.17, 15) is 0 Å². The van der Waals surface area contributed by atoms with E-state index in [1.807, 2.05) is 5.57 Å². The highest BCUT2D eigenvalue weighted by atomic mass is 14.8. The van der Waals surface area contributed by atoms with Crippen molar-refractivity contribution in [1.82, 2.24) is 0 Å². The first-order valence-electron chi connectivity index (χ1n) is 5.68. The van der Waals surface area contributed by atoms with E-state index in [0.29, 0.717) is 10.8 Å². The Hall–Kier alpha value is -0.520. The second kappa shape index (κ2) is 1.27. The van der Waals surface area contributed by atoms with Crippen LogP contribution in [-0.4, -0.2) is 0 Å². The van der Waals surface area contributed by atoms with Crippen LogP contribution in [-0.2, 0) is 0 Å². The van der Waals surface area contributed by atoms with Gasteiger partial charge in [-0.3, -0.25) is 0 Å². The second-order valence-corrected chi connectivity index (χ2v) is 6.29. The normalized spacial score (nSPS) is 68.2. The zero-order valence-electron chi connectivity index (χ0n) is 8.01. The van der Waals surface area contributed by atoms with Crippen LogP contribution in [0.15, 0.2) is 23.3 Å². The van der Waals surface area contributed by atoms with E-state index < -0.39 is 0 Å². The first-order valence-corrected chi connectivity index (χ1v) is 5.68. The quantitative estimate of drug-likeness (QED) is 0.524. The Kier molecular flexibility index (Phi) is 0.593. The lowest BCUT2D eigenvalue weighted by Crippen LogP contribution is -2.49. The maximum Gasteiger partial charge on any atom is -0.00297 e. The molecule has 3 fully saturated rings. The molecule has 13 heavy (non-hydrogen) atoms. The molecule has 0 aromatic rings. The fourth-order valence-electron chi connectivity index (χ4n) is 5.72. The number of hydrogen-bond acceptors (Lipinski definition) is 0. The number of rotatable bonds is 0. The minimum absolute atomic E-state index is 0.641. The summed E-state index contributed by atoms with van der Waals surface area (Å²) in [6.45, 7) is 2.54. The van der Waals surface area contributed by atoms with Gasteiger partial charge in [0.1, 0.15) is 0 Å². The molecule has 5 unspecified atom stereocenters. The van der Waals surface area contributed by atoms with Crippen molar-refractivity contribution in [2.24, 2.45) is 28.6 Å². The zero-order chi connectivity index (χ0) is 8.42. The van der Waals surface area contributed by atoms with Crippen LogP contribution in [0.5, 0.6) is 0 Å². The molecule has 9 rings (SSSR count). The lowest BCUT2D eigenvalue weighted by Gasteiger charge is -2.58. The van der Waals surface area contributed by atoms with Crippen molar-refractivity contribution in [2.75, 3.05) is 0 Å². The van der Waals surface area contributed by atoms with Crippen molar-refractivity contribution in [1.29, 1.82) is 0 Å². The minimum atomic E-state index is 0.641. The van der Waals surface area contributed by atoms with Crippen LogP contribution in [0, 0.1) is 28.6 Å². The molecule has 5 atom stereocenters. The highest BCUT2D eigenvalue weighted by molar-refractivity contribution is 5.60. The monoisotopic (exact) mass is 170 g/mol. The van der Waals surface area contributed by atoms with Crippen LogP contribution in [0.4, 0.5) is 0 Å². The van der Waals surface area contributed by atoms with Crippen LogP contribution >= 0.6 is 0 Å². The van der Waals surface area contributed by atoms with Gasteiger partial charge < -0.3 is 0 Å². The van der Waals surface area contributed by atoms with Gasteiger partial charge in [-0.05, 0) is 59.0 Å². The molecule has 66 valence electrons. The van der Waals surface area contributed by atoms with Crippen molar-refractivity contribution in [3.8, 4) is 0 Å². The highest BCUT2D eigenvalue weighted by Gasteiger charge is 2.72. The topological polar surface area (TPSA) is 0 Å². The van der Waals surface area contributed by atoms with Crippen LogP contribution in [0.2, 0.25) is 0 Å². The summed E-state index contributed by atoms with van der Waals surface area (Å²) in [5.41, 5.74) is 4.96. The van der Waals surface area contributed by atoms with Crippen molar-refractivity contribution < 1.29 is 0 Å². The number of hydrogen-bond donors (Lipinski definition) is 0. The third-order valence-electron chi connectivity index (χ3n) is 5.94. The fraction of sp³-hybridized carbons (Fsp3) is 0.692. The van der Waals surface area contributed by atoms with Gasteiger partial charge >= 0.3 is 0 Å². The van der Waals surface area contributed by atoms with Gasteiger partial charge in [0, 0.05) is 0 Å². The first-order chi connectivity index (χ1) is 6.23. The summed E-state index contributed by atoms with van der Waals surface area (Å²) < 4.78 is 0. The standard InChI is InChI=1S/C13H14/c1-12-6-13-4-7-2-9(12)10(13)3-8(7)11(12)5-13/h2-3,7-8,11H,4-6H2,1H3. The Morgan fingerprint density at radius 3 is 2.77 bits per heavy atom. The molecule has 9 aliphatic carbocycles. The molecule has 1 spiro atoms. The third kappa shape index (κ3) is 0.361. The molecule has 0 amide bonds. The summed E-state index contributed by atoms with van der Waals surface area (Å²) in [4.78, 5) is 0. The van der Waals surface area contributed by atoms with Crippen LogP contribution in [0.25, 0.3) is 0 Å². The second-order valence-electron chi connectivity index (χ2n) is 6.29. The van der Waals surface area contributed by atoms with E-state index in [-0.39, 0.29) is 0 Å². The molecule has 0 heteroatoms. The number of allylic oxidation sites excluding steroid dienone is 4. The van der Waals surface area contributed by atoms with Gasteiger partial charge in [-0.25, -0.2) is 0 Å². The molecule has 0 heterocycles. The first kappa shape index (κ1) is 6.06. The van der Waals surface area contributed by atoms with Crippen LogP contribution < -0.4 is 0 Å². The van der Waals surface area contributed by atoms with Gasteiger partial charge in [0.05, 0.1) is 0 Å². The molecule has 0 aromatic carbocycles. The zero-order valence-corrected chi connectivity index (χ0v) is 8.01. The Balaban J connectivity index is 2.06. The SMILES string of the molecule is CC12CC34CC5C=C1C3=CC5C2C4. The fourth-order valence-corrected chi connectivity index (χ4v) is 5.72. The van der Waals surface area contributed by atoms with Gasteiger partial charge in [-0.15, -0.1) is 0 Å². The lowest BCUT2D eigenvalue weighted by atomic mass is 9.46. The highest BCUT2D eigenvalue weighted by Crippen LogP contribution is 2.82. The molecule has 0 saturated heterocycles. The van der Waals surface area contributed by atoms with E-state index >= 15 is 0 Å². The molecule has 3 saturated carbocycles. The Labute approximate surface area is 78.7 Å². The Bertz CT molecular complexity index is 400. The summed E-state index contributed by atoms with van der Waals surface area (Å²) in [6, 6.07) is 0. The predicted molar refractivity (Wildman–Crippen MR) is 51.0 cm³/mol. The van der Waals surface area contributed by atoms with Gasteiger partial charge in [-0.2, -0.15) is 0 Å². The summed E-state index contributed by atoms with van der Waals surface area (Å²) >= 11 is 0. The third-order valence-corrected chi connectivity index (χ3v) is 5.94. The van der Waals surface area contributed by atoms with E-state index in [4.69, 9.17) is 0 Å². The molecule has 0 nitrogen and oxygen atoms in total. The average Bonchev–Trinajstić information content (AvgIpc) is 2.42. The van der Waals surface area contributed by atoms with E-state index in [0.717, 1.165) is 17.8 Å². The predicted octanol–water partition coefficient (Wildman–Crippen LogP) is 2.92. The van der Waals surface area contributed by atoms with Gasteiger partial charge in [-0.1, -0.05) is 19.1 Å². The molecule has 0 radical (unpaired) electrons. The molecule has 0 aliphatic heterocycles. The van der Waals surface area contributed by atoms with Gasteiger partial charge in [0.25, 0.3) is 0 Å². The van der Waals surface area contributed by atoms with E-state index in [2.05, 4.69) is 19.1 Å². The Morgan fingerprint density at radius 1 is 1.23 bits per heavy atom. The summed E-state index contributed by atoms with van der Waals surface area (Å²) in [6.07, 6.45) is 9.87. The summed E-state index contributed by atoms with van der Waals surface area (Å²) in [7, 11) is 0. The molecule has 0 aromatic heterocycles. The summed E-state index contributed by atoms with van der Waals surface area (Å²) in [5.74, 6) is 2.97. The maximum absolute atomic E-state index is 2.66. The smallest absolute Gasteiger partial charge is 0.00297 e. The largest absolute Gasteiger partial charge is 0.0767 e. The van der Waals surface area contributed by atoms with Crippen molar-refractivity contribution in [3.05, 3.63) is 23.3 Å². The van der Waals surface area contributed by atoms with Gasteiger partial charge in [0.15, 0.2) is 0 Å². The molecule has 0 N–H and O–H groups in total. The van der Waals surface area contributed by atoms with Crippen molar-refractivity contribution in [2.45, 2.75) is 26.2 Å². The minimum Gasteiger partial charge on any atom is -0.0767 e.